The van der Waals surface area contributed by atoms with Crippen LogP contribution in [0.4, 0.5) is 0 Å². The van der Waals surface area contributed by atoms with Crippen molar-refractivity contribution in [3.05, 3.63) is 83.9 Å². The van der Waals surface area contributed by atoms with E-state index in [0.29, 0.717) is 55.7 Å². The largest absolute Gasteiger partial charge is 0.489 e. The predicted octanol–water partition coefficient (Wildman–Crippen LogP) is 3.18. The molecule has 1 fully saturated rings. The van der Waals surface area contributed by atoms with Crippen LogP contribution in [-0.2, 0) is 16.6 Å². The van der Waals surface area contributed by atoms with Crippen LogP contribution in [0.25, 0.3) is 0 Å². The van der Waals surface area contributed by atoms with Crippen molar-refractivity contribution in [1.82, 2.24) is 9.21 Å². The third-order valence-corrected chi connectivity index (χ3v) is 7.90. The number of carbonyl (C=O) groups excluding carboxylic acids is 1. The molecule has 5 rings (SSSR count). The Morgan fingerprint density at radius 2 is 1.57 bits per heavy atom. The van der Waals surface area contributed by atoms with Crippen molar-refractivity contribution >= 4 is 15.9 Å². The molecule has 0 aliphatic carbocycles. The Morgan fingerprint density at radius 3 is 2.34 bits per heavy atom. The highest BCUT2D eigenvalue weighted by molar-refractivity contribution is 7.89. The highest BCUT2D eigenvalue weighted by Crippen LogP contribution is 2.33. The Hall–Kier alpha value is -3.56. The van der Waals surface area contributed by atoms with Gasteiger partial charge < -0.3 is 19.1 Å². The Balaban J connectivity index is 1.21. The predicted molar refractivity (Wildman–Crippen MR) is 129 cm³/mol. The van der Waals surface area contributed by atoms with E-state index < -0.39 is 10.0 Å². The van der Waals surface area contributed by atoms with Gasteiger partial charge in [0.2, 0.25) is 10.0 Å². The Bertz CT molecular complexity index is 1300. The minimum Gasteiger partial charge on any atom is -0.489 e. The van der Waals surface area contributed by atoms with Gasteiger partial charge in [-0.15, -0.1) is 0 Å². The standard InChI is InChI=1S/C26H26N2O6S/c29-26(21-7-4-8-22(17-21)34-19-20-5-2-1-3-6-20)27-11-13-28(14-12-27)35(30,31)23-9-10-24-25(18-23)33-16-15-32-24/h1-10,17-18H,11-16,19H2. The van der Waals surface area contributed by atoms with Crippen molar-refractivity contribution < 1.29 is 27.4 Å². The summed E-state index contributed by atoms with van der Waals surface area (Å²) in [6.07, 6.45) is 0. The SMILES string of the molecule is O=C(c1cccc(OCc2ccccc2)c1)N1CCN(S(=O)(=O)c2ccc3c(c2)OCCO3)CC1. The van der Waals surface area contributed by atoms with Gasteiger partial charge in [0, 0.05) is 37.8 Å². The maximum absolute atomic E-state index is 13.2. The molecule has 1 saturated heterocycles. The highest BCUT2D eigenvalue weighted by atomic mass is 32.2. The molecular formula is C26H26N2O6S. The van der Waals surface area contributed by atoms with Gasteiger partial charge in [0.1, 0.15) is 25.6 Å². The molecule has 0 atom stereocenters. The molecule has 2 heterocycles. The summed E-state index contributed by atoms with van der Waals surface area (Å²) in [5, 5.41) is 0. The lowest BCUT2D eigenvalue weighted by Gasteiger charge is -2.34. The first kappa shape index (κ1) is 23.2. The molecule has 0 N–H and O–H groups in total. The van der Waals surface area contributed by atoms with Gasteiger partial charge in [-0.3, -0.25) is 4.79 Å². The average molecular weight is 495 g/mol. The van der Waals surface area contributed by atoms with Crippen LogP contribution in [0.2, 0.25) is 0 Å². The Morgan fingerprint density at radius 1 is 0.829 bits per heavy atom. The van der Waals surface area contributed by atoms with E-state index in [1.54, 1.807) is 29.2 Å². The van der Waals surface area contributed by atoms with Gasteiger partial charge in [0.05, 0.1) is 4.90 Å². The number of hydrogen-bond acceptors (Lipinski definition) is 6. The molecule has 0 radical (unpaired) electrons. The van der Waals surface area contributed by atoms with E-state index in [0.717, 1.165) is 5.56 Å². The molecule has 0 bridgehead atoms. The van der Waals surface area contributed by atoms with E-state index in [4.69, 9.17) is 14.2 Å². The van der Waals surface area contributed by atoms with E-state index in [1.165, 1.54) is 16.4 Å². The number of amides is 1. The normalized spacial score (nSPS) is 16.1. The summed E-state index contributed by atoms with van der Waals surface area (Å²) in [6.45, 7) is 2.27. The molecule has 9 heteroatoms. The van der Waals surface area contributed by atoms with Crippen LogP contribution in [0.5, 0.6) is 17.2 Å². The Labute approximate surface area is 204 Å². The molecule has 2 aliphatic heterocycles. The number of ether oxygens (including phenoxy) is 3. The van der Waals surface area contributed by atoms with E-state index in [1.807, 2.05) is 36.4 Å². The number of benzene rings is 3. The van der Waals surface area contributed by atoms with Gasteiger partial charge in [-0.1, -0.05) is 36.4 Å². The summed E-state index contributed by atoms with van der Waals surface area (Å²) in [4.78, 5) is 14.9. The fourth-order valence-electron chi connectivity index (χ4n) is 4.11. The second-order valence-corrected chi connectivity index (χ2v) is 10.2. The van der Waals surface area contributed by atoms with Gasteiger partial charge in [-0.2, -0.15) is 4.31 Å². The first-order chi connectivity index (χ1) is 17.0. The summed E-state index contributed by atoms with van der Waals surface area (Å²) in [5.41, 5.74) is 1.55. The second-order valence-electron chi connectivity index (χ2n) is 8.30. The minimum atomic E-state index is -3.71. The molecule has 35 heavy (non-hydrogen) atoms. The van der Waals surface area contributed by atoms with Gasteiger partial charge in [0.15, 0.2) is 11.5 Å². The number of piperazine rings is 1. The number of nitrogens with zero attached hydrogens (tertiary/aromatic N) is 2. The first-order valence-electron chi connectivity index (χ1n) is 11.5. The highest BCUT2D eigenvalue weighted by Gasteiger charge is 2.31. The number of rotatable bonds is 6. The molecule has 3 aromatic rings. The summed E-state index contributed by atoms with van der Waals surface area (Å²) >= 11 is 0. The third-order valence-electron chi connectivity index (χ3n) is 6.01. The molecule has 2 aliphatic rings. The molecule has 0 aromatic heterocycles. The number of carbonyl (C=O) groups is 1. The molecular weight excluding hydrogens is 468 g/mol. The van der Waals surface area contributed by atoms with Crippen molar-refractivity contribution in [2.45, 2.75) is 11.5 Å². The maximum atomic E-state index is 13.2. The number of sulfonamides is 1. The van der Waals surface area contributed by atoms with Crippen molar-refractivity contribution in [2.75, 3.05) is 39.4 Å². The monoisotopic (exact) mass is 494 g/mol. The molecule has 0 spiro atoms. The Kier molecular flexibility index (Phi) is 6.61. The lowest BCUT2D eigenvalue weighted by Crippen LogP contribution is -2.50. The topological polar surface area (TPSA) is 85.4 Å². The van der Waals surface area contributed by atoms with Crippen molar-refractivity contribution in [3.8, 4) is 17.2 Å². The van der Waals surface area contributed by atoms with Gasteiger partial charge in [-0.25, -0.2) is 8.42 Å². The summed E-state index contributed by atoms with van der Waals surface area (Å²) < 4.78 is 44.6. The van der Waals surface area contributed by atoms with Gasteiger partial charge >= 0.3 is 0 Å². The minimum absolute atomic E-state index is 0.147. The average Bonchev–Trinajstić information content (AvgIpc) is 2.92. The van der Waals surface area contributed by atoms with Crippen molar-refractivity contribution in [1.29, 1.82) is 0 Å². The summed E-state index contributed by atoms with van der Waals surface area (Å²) in [6, 6.07) is 21.5. The van der Waals surface area contributed by atoms with Crippen molar-refractivity contribution in [2.24, 2.45) is 0 Å². The number of hydrogen-bond donors (Lipinski definition) is 0. The lowest BCUT2D eigenvalue weighted by atomic mass is 10.1. The molecule has 0 unspecified atom stereocenters. The summed E-state index contributed by atoms with van der Waals surface area (Å²) in [5.74, 6) is 1.44. The zero-order valence-electron chi connectivity index (χ0n) is 19.1. The third kappa shape index (κ3) is 5.11. The van der Waals surface area contributed by atoms with E-state index in [-0.39, 0.29) is 23.9 Å². The fraction of sp³-hybridized carbons (Fsp3) is 0.269. The fourth-order valence-corrected chi connectivity index (χ4v) is 5.55. The van der Waals surface area contributed by atoms with Crippen LogP contribution in [0.1, 0.15) is 15.9 Å². The molecule has 1 amide bonds. The molecule has 182 valence electrons. The van der Waals surface area contributed by atoms with E-state index >= 15 is 0 Å². The van der Waals surface area contributed by atoms with Crippen LogP contribution in [-0.4, -0.2) is 62.9 Å². The molecule has 8 nitrogen and oxygen atoms in total. The van der Waals surface area contributed by atoms with E-state index in [9.17, 15) is 13.2 Å². The van der Waals surface area contributed by atoms with Crippen molar-refractivity contribution in [3.63, 3.8) is 0 Å². The molecule has 0 saturated carbocycles. The first-order valence-corrected chi connectivity index (χ1v) is 12.9. The van der Waals surface area contributed by atoms with Crippen LogP contribution < -0.4 is 14.2 Å². The zero-order valence-corrected chi connectivity index (χ0v) is 19.9. The lowest BCUT2D eigenvalue weighted by molar-refractivity contribution is 0.0697. The number of fused-ring (bicyclic) bond motifs is 1. The van der Waals surface area contributed by atoms with Gasteiger partial charge in [-0.05, 0) is 35.9 Å². The van der Waals surface area contributed by atoms with E-state index in [2.05, 4.69) is 0 Å². The zero-order chi connectivity index (χ0) is 24.3. The second kappa shape index (κ2) is 9.97. The van der Waals surface area contributed by atoms with Gasteiger partial charge in [0.25, 0.3) is 5.91 Å². The maximum Gasteiger partial charge on any atom is 0.254 e. The molecule has 3 aromatic carbocycles. The summed E-state index contributed by atoms with van der Waals surface area (Å²) in [7, 11) is -3.71. The smallest absolute Gasteiger partial charge is 0.254 e. The van der Waals surface area contributed by atoms with Crippen LogP contribution in [0.15, 0.2) is 77.7 Å². The quantitative estimate of drug-likeness (QED) is 0.523. The van der Waals surface area contributed by atoms with Crippen LogP contribution in [0.3, 0.4) is 0 Å². The van der Waals surface area contributed by atoms with Crippen LogP contribution in [0, 0.1) is 0 Å². The van der Waals surface area contributed by atoms with Crippen LogP contribution >= 0.6 is 0 Å².